The second kappa shape index (κ2) is 53.0. The summed E-state index contributed by atoms with van der Waals surface area (Å²) in [5.74, 6) is -11.7. The predicted octanol–water partition coefficient (Wildman–Crippen LogP) is -14.5. The fourth-order valence-corrected chi connectivity index (χ4v) is 13.0. The van der Waals surface area contributed by atoms with E-state index >= 15 is 0 Å². The number of pyridine rings is 3. The van der Waals surface area contributed by atoms with Gasteiger partial charge in [-0.3, -0.25) is 73.8 Å². The van der Waals surface area contributed by atoms with Gasteiger partial charge in [-0.1, -0.05) is 71.8 Å². The molecular weight excluding hydrogens is 1910 g/mol. The molecule has 0 aliphatic carbocycles. The first-order valence-electron chi connectivity index (χ1n) is 35.2. The molecule has 112 heavy (non-hydrogen) atoms. The summed E-state index contributed by atoms with van der Waals surface area (Å²) in [5, 5.41) is 140. The van der Waals surface area contributed by atoms with E-state index < -0.39 is 53.7 Å². The fraction of sp³-hybridized carbons (Fsp3) is 0.500. The van der Waals surface area contributed by atoms with Gasteiger partial charge in [0, 0.05) is 270 Å². The molecule has 3 aromatic carbocycles. The zero-order valence-corrected chi connectivity index (χ0v) is 69.5. The third-order valence-corrected chi connectivity index (χ3v) is 18.6. The number of fused-ring (bicyclic) bond motifs is 3. The minimum Gasteiger partial charge on any atom is -0.871 e. The molecule has 0 N–H and O–H groups in total. The van der Waals surface area contributed by atoms with Gasteiger partial charge in [0.2, 0.25) is 0 Å². The van der Waals surface area contributed by atoms with Crippen molar-refractivity contribution in [2.75, 3.05) is 216 Å². The van der Waals surface area contributed by atoms with Crippen molar-refractivity contribution in [3.8, 4) is 17.2 Å². The van der Waals surface area contributed by atoms with Crippen molar-refractivity contribution < 1.29 is 224 Å². The van der Waals surface area contributed by atoms with Gasteiger partial charge in [0.05, 0.1) is 70.3 Å². The van der Waals surface area contributed by atoms with Gasteiger partial charge in [-0.15, -0.1) is 0 Å². The molecule has 40 heteroatoms. The van der Waals surface area contributed by atoms with Crippen LogP contribution in [0.25, 0.3) is 32.7 Å². The number of carboxylic acid groups (broad SMARTS) is 9. The van der Waals surface area contributed by atoms with E-state index in [4.69, 9.17) is 0 Å². The Morgan fingerprint density at radius 1 is 0.241 bits per heavy atom. The van der Waals surface area contributed by atoms with Crippen LogP contribution in [0.2, 0.25) is 0 Å². The molecule has 6 aromatic rings. The Kier molecular flexibility index (Phi) is 47.7. The Morgan fingerprint density at radius 3 is 0.527 bits per heavy atom. The number of carbonyl (C=O) groups excluding carboxylic acids is 9. The van der Waals surface area contributed by atoms with Crippen molar-refractivity contribution in [3.05, 3.63) is 108 Å². The Morgan fingerprint density at radius 2 is 0.384 bits per heavy atom. The molecule has 0 unspecified atom stereocenters. The van der Waals surface area contributed by atoms with Crippen LogP contribution in [0.1, 0.15) is 16.7 Å². The molecule has 603 valence electrons. The molecule has 0 spiro atoms. The van der Waals surface area contributed by atoms with Gasteiger partial charge in [-0.05, 0) is 34.9 Å². The zero-order chi connectivity index (χ0) is 78.2. The first kappa shape index (κ1) is 101. The second-order valence-electron chi connectivity index (χ2n) is 26.5. The van der Waals surface area contributed by atoms with Crippen molar-refractivity contribution in [3.63, 3.8) is 0 Å². The van der Waals surface area contributed by atoms with Gasteiger partial charge in [0.1, 0.15) is 0 Å². The maximum Gasteiger partial charge on any atom is 3.00 e. The van der Waals surface area contributed by atoms with E-state index in [2.05, 4.69) is 29.7 Å². The summed E-state index contributed by atoms with van der Waals surface area (Å²) in [6.07, 6.45) is 4.68. The van der Waals surface area contributed by atoms with Crippen LogP contribution in [0.4, 0.5) is 0 Å². The Bertz CT molecular complexity index is 3530. The van der Waals surface area contributed by atoms with E-state index in [0.717, 1.165) is 32.8 Å². The molecule has 3 radical (unpaired) electrons. The van der Waals surface area contributed by atoms with Crippen LogP contribution in [-0.2, 0) is 62.8 Å². The average molecular weight is 2000 g/mol. The van der Waals surface area contributed by atoms with E-state index in [9.17, 15) is 104 Å². The largest absolute Gasteiger partial charge is 3.00 e. The maximum absolute atomic E-state index is 12.2. The van der Waals surface area contributed by atoms with E-state index in [0.29, 0.717) is 115 Å². The normalized spacial score (nSPS) is 17.2. The smallest absolute Gasteiger partial charge is 0.871 e. The summed E-state index contributed by atoms with van der Waals surface area (Å²) in [4.78, 5) is 135. The molecule has 3 aliphatic heterocycles. The van der Waals surface area contributed by atoms with Crippen molar-refractivity contribution in [2.24, 2.45) is 0 Å². The van der Waals surface area contributed by atoms with E-state index in [1.807, 2.05) is 18.2 Å². The van der Waals surface area contributed by atoms with E-state index in [-0.39, 0.29) is 292 Å². The summed E-state index contributed by atoms with van der Waals surface area (Å²) < 4.78 is 0. The Hall–Kier alpha value is -5.45. The number of hydrogen-bond acceptors (Lipinski definition) is 36. The van der Waals surface area contributed by atoms with Crippen LogP contribution in [0.15, 0.2) is 91.4 Å². The van der Waals surface area contributed by atoms with Crippen LogP contribution in [0.5, 0.6) is 17.2 Å². The number of nitrogens with zero attached hydrogens (tertiary/aromatic N) is 15. The average Bonchev–Trinajstić information content (AvgIpc) is 0.818. The molecule has 3 saturated heterocycles. The standard InChI is InChI=1S/3C24H33N5O7.Al.3Gd/c3*30-20-4-3-18(19-2-1-5-25-24(19)20)14-26-6-8-27(15-21(31)32)10-12-29(17-23(35)36)13-11-28(9-7-26)16-22(33)34;;;;/h3*1-5,30H,6-17H2,(H,31,32)(H,33,34)(H,35,36);;;;/q;;;4*+3/p-12. The molecule has 3 fully saturated rings. The Balaban J connectivity index is 0.000000427. The molecule has 0 bridgehead atoms. The third-order valence-electron chi connectivity index (χ3n) is 18.6. The molecule has 3 aromatic heterocycles. The number of aromatic nitrogens is 3. The topological polar surface area (TPSA) is 508 Å². The maximum atomic E-state index is 12.2. The van der Waals surface area contributed by atoms with Crippen LogP contribution >= 0.6 is 0 Å². The van der Waals surface area contributed by atoms with E-state index in [1.54, 1.807) is 99.1 Å². The minimum atomic E-state index is -1.27. The first-order valence-corrected chi connectivity index (χ1v) is 35.2. The number of carboxylic acids is 9. The van der Waals surface area contributed by atoms with Crippen molar-refractivity contribution >= 4 is 104 Å². The summed E-state index contributed by atoms with van der Waals surface area (Å²) in [7, 11) is 0. The molecule has 3 aliphatic rings. The Labute approximate surface area is 754 Å². The summed E-state index contributed by atoms with van der Waals surface area (Å²) in [5.41, 5.74) is 3.74. The fourth-order valence-electron chi connectivity index (χ4n) is 13.0. The van der Waals surface area contributed by atoms with Gasteiger partial charge in [0.15, 0.2) is 0 Å². The van der Waals surface area contributed by atoms with Gasteiger partial charge in [-0.25, -0.2) is 0 Å². The van der Waals surface area contributed by atoms with Crippen molar-refractivity contribution in [1.29, 1.82) is 0 Å². The van der Waals surface area contributed by atoms with Crippen LogP contribution < -0.4 is 61.3 Å². The minimum absolute atomic E-state index is 0. The molecule has 6 heterocycles. The summed E-state index contributed by atoms with van der Waals surface area (Å²) in [6.45, 7) is 6.67. The van der Waals surface area contributed by atoms with Gasteiger partial charge in [0.25, 0.3) is 0 Å². The predicted molar refractivity (Wildman–Crippen MR) is 368 cm³/mol. The van der Waals surface area contributed by atoms with Gasteiger partial charge < -0.3 is 104 Å². The van der Waals surface area contributed by atoms with Gasteiger partial charge >= 0.3 is 137 Å². The van der Waals surface area contributed by atoms with Crippen molar-refractivity contribution in [1.82, 2.24) is 73.8 Å². The van der Waals surface area contributed by atoms with Crippen molar-refractivity contribution in [2.45, 2.75) is 19.6 Å². The number of carbonyl (C=O) groups is 9. The molecule has 0 atom stereocenters. The van der Waals surface area contributed by atoms with Crippen LogP contribution in [0.3, 0.4) is 0 Å². The molecular formula is C72H87AlGd3N15O21. The summed E-state index contributed by atoms with van der Waals surface area (Å²) >= 11 is 0. The third kappa shape index (κ3) is 36.8. The number of aliphatic carboxylic acids is 9. The molecule has 36 nitrogen and oxygen atoms in total. The number of benzene rings is 3. The zero-order valence-electron chi connectivity index (χ0n) is 61.5. The monoisotopic (exact) mass is 2000 g/mol. The van der Waals surface area contributed by atoms with Crippen LogP contribution in [0, 0.1) is 120 Å². The second-order valence-corrected chi connectivity index (χ2v) is 26.5. The molecule has 9 rings (SSSR count). The summed E-state index contributed by atoms with van der Waals surface area (Å²) in [6, 6.07) is 20.4. The number of hydrogen-bond donors (Lipinski definition) is 0. The van der Waals surface area contributed by atoms with Crippen LogP contribution in [-0.4, -0.2) is 361 Å². The number of rotatable bonds is 24. The molecule has 0 saturated carbocycles. The van der Waals surface area contributed by atoms with E-state index in [1.165, 1.54) is 18.2 Å². The van der Waals surface area contributed by atoms with Gasteiger partial charge in [-0.2, -0.15) is 0 Å². The molecule has 0 amide bonds. The first-order chi connectivity index (χ1) is 51.6. The quantitative estimate of drug-likeness (QED) is 0.0508. The SMILES string of the molecule is O=C([O-])CN1CCN(CC(=O)[O-])CCN(Cc2ccc([O-])c3ncccc23)CCN(CC(=O)[O-])CC1.O=C([O-])CN1CCN(CC(=O)[O-])CCN(Cc2ccc([O-])c3ncccc23)CCN(CC(=O)[O-])CC1.O=C([O-])CN1CCN(CC(=O)[O-])CCN(Cc2ccc([O-])c3ncccc23)CCN(CC(=O)[O-])CC1.[Al+3].[Gd+3].[Gd+3].[Gd+3].